The van der Waals surface area contributed by atoms with Crippen LogP contribution in [0, 0.1) is 0 Å². The molecule has 1 nitrogen and oxygen atoms in total. The summed E-state index contributed by atoms with van der Waals surface area (Å²) in [5.74, 6) is 0. The molecule has 0 aromatic heterocycles. The van der Waals surface area contributed by atoms with E-state index in [-0.39, 0.29) is 0 Å². The molecular formula is C11H26BrOP. The van der Waals surface area contributed by atoms with Crippen LogP contribution >= 0.6 is 20.8 Å². The third-order valence-corrected chi connectivity index (χ3v) is 20.6. The van der Waals surface area contributed by atoms with Gasteiger partial charge in [-0.2, -0.15) is 0 Å². The third-order valence-electron chi connectivity index (χ3n) is 4.04. The second kappa shape index (κ2) is 4.80. The van der Waals surface area contributed by atoms with Crippen molar-refractivity contribution in [3.8, 4) is 0 Å². The molecule has 0 amide bonds. The van der Waals surface area contributed by atoms with Crippen molar-refractivity contribution in [2.24, 2.45) is 0 Å². The van der Waals surface area contributed by atoms with Gasteiger partial charge in [-0.25, -0.2) is 0 Å². The molecule has 0 aromatic rings. The third kappa shape index (κ3) is 2.03. The van der Waals surface area contributed by atoms with Gasteiger partial charge in [0.2, 0.25) is 0 Å². The fraction of sp³-hybridized carbons (Fsp3) is 1.00. The van der Waals surface area contributed by atoms with Crippen molar-refractivity contribution < 1.29 is 5.11 Å². The maximum absolute atomic E-state index is 9.32. The minimum absolute atomic E-state index is 0.303. The summed E-state index contributed by atoms with van der Waals surface area (Å²) in [6.07, 6.45) is 0.943. The Bertz CT molecular complexity index is 165. The molecule has 0 radical (unpaired) electrons. The molecule has 0 atom stereocenters. The van der Waals surface area contributed by atoms with Gasteiger partial charge in [-0.1, -0.05) is 0 Å². The molecule has 0 aromatic carbocycles. The molecule has 1 N–H and O–H groups in total. The molecule has 0 aliphatic heterocycles. The SMILES string of the molecule is CC(C)P(Br)(CCO)(C(C)C)C(C)C. The Kier molecular flexibility index (Phi) is 5.10. The molecule has 0 bridgehead atoms. The van der Waals surface area contributed by atoms with E-state index in [0.717, 1.165) is 6.16 Å². The summed E-state index contributed by atoms with van der Waals surface area (Å²) in [6.45, 7) is 14.1. The zero-order valence-electron chi connectivity index (χ0n) is 10.4. The van der Waals surface area contributed by atoms with Crippen LogP contribution in [-0.4, -0.2) is 34.9 Å². The van der Waals surface area contributed by atoms with Crippen molar-refractivity contribution in [2.75, 3.05) is 12.8 Å². The predicted octanol–water partition coefficient (Wildman–Crippen LogP) is 4.07. The second-order valence-electron chi connectivity index (χ2n) is 5.14. The zero-order chi connectivity index (χ0) is 11.6. The number of rotatable bonds is 5. The average molecular weight is 285 g/mol. The van der Waals surface area contributed by atoms with Crippen molar-refractivity contribution in [3.63, 3.8) is 0 Å². The molecule has 0 saturated heterocycles. The van der Waals surface area contributed by atoms with E-state index in [0.29, 0.717) is 23.6 Å². The first kappa shape index (κ1) is 14.9. The van der Waals surface area contributed by atoms with Gasteiger partial charge in [-0.05, 0) is 0 Å². The van der Waals surface area contributed by atoms with E-state index in [1.54, 1.807) is 0 Å². The standard InChI is InChI=1S/C11H26BrOP/c1-9(2)14(12,8-7-13,10(3)4)11(5)6/h9-11,13H,7-8H2,1-6H3. The number of aliphatic hydroxyl groups excluding tert-OH is 1. The summed E-state index contributed by atoms with van der Waals surface area (Å²) in [6, 6.07) is 0. The van der Waals surface area contributed by atoms with Gasteiger partial charge >= 0.3 is 97.2 Å². The number of aliphatic hydroxyl groups is 1. The van der Waals surface area contributed by atoms with E-state index in [4.69, 9.17) is 0 Å². The zero-order valence-corrected chi connectivity index (χ0v) is 12.9. The normalized spacial score (nSPS) is 16.4. The summed E-state index contributed by atoms with van der Waals surface area (Å²) in [4.78, 5) is 0. The van der Waals surface area contributed by atoms with Gasteiger partial charge in [-0.15, -0.1) is 0 Å². The van der Waals surface area contributed by atoms with Crippen molar-refractivity contribution in [3.05, 3.63) is 0 Å². The Morgan fingerprint density at radius 3 is 1.29 bits per heavy atom. The van der Waals surface area contributed by atoms with Gasteiger partial charge in [0.05, 0.1) is 0 Å². The van der Waals surface area contributed by atoms with E-state index < -0.39 is 5.31 Å². The van der Waals surface area contributed by atoms with Gasteiger partial charge in [0.1, 0.15) is 0 Å². The van der Waals surface area contributed by atoms with E-state index in [1.165, 1.54) is 0 Å². The van der Waals surface area contributed by atoms with E-state index >= 15 is 0 Å². The molecule has 0 aliphatic rings. The Hall–Kier alpha value is 0.870. The van der Waals surface area contributed by atoms with Crippen molar-refractivity contribution in [1.82, 2.24) is 0 Å². The molecule has 0 aliphatic carbocycles. The molecule has 0 heterocycles. The quantitative estimate of drug-likeness (QED) is 0.755. The molecule has 0 unspecified atom stereocenters. The van der Waals surface area contributed by atoms with Gasteiger partial charge in [0.15, 0.2) is 0 Å². The fourth-order valence-electron chi connectivity index (χ4n) is 2.77. The Labute approximate surface area is 97.3 Å². The molecule has 14 heavy (non-hydrogen) atoms. The minimum atomic E-state index is -1.95. The Morgan fingerprint density at radius 1 is 0.929 bits per heavy atom. The van der Waals surface area contributed by atoms with Crippen LogP contribution in [0.4, 0.5) is 0 Å². The van der Waals surface area contributed by atoms with Crippen LogP contribution in [0.25, 0.3) is 0 Å². The first-order valence-electron chi connectivity index (χ1n) is 5.54. The summed E-state index contributed by atoms with van der Waals surface area (Å²) in [7, 11) is 0. The summed E-state index contributed by atoms with van der Waals surface area (Å²) >= 11 is 4.12. The van der Waals surface area contributed by atoms with Crippen molar-refractivity contribution in [2.45, 2.75) is 58.5 Å². The van der Waals surface area contributed by atoms with Gasteiger partial charge in [0, 0.05) is 0 Å². The molecule has 0 saturated carbocycles. The predicted molar refractivity (Wildman–Crippen MR) is 73.2 cm³/mol. The van der Waals surface area contributed by atoms with Gasteiger partial charge in [0.25, 0.3) is 0 Å². The molecular weight excluding hydrogens is 259 g/mol. The number of halogens is 1. The number of hydrogen-bond donors (Lipinski definition) is 1. The van der Waals surface area contributed by atoms with Crippen LogP contribution in [0.2, 0.25) is 0 Å². The average Bonchev–Trinajstić information content (AvgIpc) is 2.03. The molecule has 0 spiro atoms. The van der Waals surface area contributed by atoms with Crippen LogP contribution in [0.5, 0.6) is 0 Å². The van der Waals surface area contributed by atoms with Crippen molar-refractivity contribution >= 4 is 20.8 Å². The maximum atomic E-state index is 9.32. The second-order valence-corrected chi connectivity index (χ2v) is 16.7. The Balaban J connectivity index is 5.36. The monoisotopic (exact) mass is 284 g/mol. The summed E-state index contributed by atoms with van der Waals surface area (Å²) in [5.41, 5.74) is 1.90. The van der Waals surface area contributed by atoms with Crippen molar-refractivity contribution in [1.29, 1.82) is 0 Å². The Morgan fingerprint density at radius 2 is 1.21 bits per heavy atom. The summed E-state index contributed by atoms with van der Waals surface area (Å²) in [5, 5.41) is 7.37. The van der Waals surface area contributed by atoms with E-state index in [2.05, 4.69) is 57.0 Å². The van der Waals surface area contributed by atoms with Crippen LogP contribution in [0.1, 0.15) is 41.5 Å². The van der Waals surface area contributed by atoms with Crippen LogP contribution in [0.3, 0.4) is 0 Å². The summed E-state index contributed by atoms with van der Waals surface area (Å²) < 4.78 is 0. The molecule has 88 valence electrons. The number of hydrogen-bond acceptors (Lipinski definition) is 1. The molecule has 0 fully saturated rings. The first-order valence-corrected chi connectivity index (χ1v) is 10.2. The van der Waals surface area contributed by atoms with Crippen LogP contribution < -0.4 is 0 Å². The van der Waals surface area contributed by atoms with E-state index in [9.17, 15) is 5.11 Å². The van der Waals surface area contributed by atoms with Gasteiger partial charge < -0.3 is 0 Å². The first-order chi connectivity index (χ1) is 6.21. The van der Waals surface area contributed by atoms with Gasteiger partial charge in [-0.3, -0.25) is 0 Å². The molecule has 3 heteroatoms. The van der Waals surface area contributed by atoms with Crippen LogP contribution in [-0.2, 0) is 0 Å². The van der Waals surface area contributed by atoms with E-state index in [1.807, 2.05) is 0 Å². The molecule has 0 rings (SSSR count). The van der Waals surface area contributed by atoms with Crippen LogP contribution in [0.15, 0.2) is 0 Å². The topological polar surface area (TPSA) is 20.2 Å². The fourth-order valence-corrected chi connectivity index (χ4v) is 8.80.